The van der Waals surface area contributed by atoms with Gasteiger partial charge in [-0.2, -0.15) is 10.5 Å². The van der Waals surface area contributed by atoms with E-state index in [1.165, 1.54) is 12.0 Å². The second-order valence-corrected chi connectivity index (χ2v) is 20.9. The van der Waals surface area contributed by atoms with Gasteiger partial charge in [0.1, 0.15) is 35.5 Å². The first-order valence-electron chi connectivity index (χ1n) is 23.2. The molecule has 1 aliphatic carbocycles. The number of aliphatic hydroxyl groups is 1. The summed E-state index contributed by atoms with van der Waals surface area (Å²) in [6.45, 7) is 20.8. The maximum atomic E-state index is 13.2. The van der Waals surface area contributed by atoms with Crippen molar-refractivity contribution in [2.75, 3.05) is 51.3 Å². The van der Waals surface area contributed by atoms with Crippen LogP contribution < -0.4 is 30.7 Å². The van der Waals surface area contributed by atoms with Crippen molar-refractivity contribution in [3.05, 3.63) is 82.0 Å². The van der Waals surface area contributed by atoms with Crippen LogP contribution in [0, 0.1) is 38.9 Å². The molecule has 3 fully saturated rings. The number of benzene rings is 2. The number of halogens is 1. The number of primary amides is 1. The van der Waals surface area contributed by atoms with Crippen LogP contribution in [0.5, 0.6) is 11.5 Å². The number of nitriles is 2. The summed E-state index contributed by atoms with van der Waals surface area (Å²) in [5, 5.41) is 34.7. The first kappa shape index (κ1) is 53.0. The molecule has 17 heteroatoms. The van der Waals surface area contributed by atoms with Gasteiger partial charge < -0.3 is 40.7 Å². The minimum Gasteiger partial charge on any atom is -0.496 e. The number of likely N-dealkylation sites (tertiary alicyclic amines) is 1. The van der Waals surface area contributed by atoms with Crippen LogP contribution in [0.4, 0.5) is 5.82 Å². The number of anilines is 1. The Labute approximate surface area is 406 Å². The van der Waals surface area contributed by atoms with E-state index < -0.39 is 12.1 Å². The molecule has 2 saturated heterocycles. The lowest BCUT2D eigenvalue weighted by molar-refractivity contribution is -0.164. The van der Waals surface area contributed by atoms with Crippen molar-refractivity contribution in [3.8, 4) is 23.6 Å². The number of β-amino-alcohol motifs (C(OH)–C–C–N with tert-alkyl or cyclic N) is 1. The molecule has 1 aromatic heterocycles. The molecule has 2 aliphatic heterocycles. The zero-order valence-electron chi connectivity index (χ0n) is 40.9. The van der Waals surface area contributed by atoms with E-state index in [-0.39, 0.29) is 71.0 Å². The molecule has 0 spiro atoms. The standard InChI is InChI=1S/C30H39ClN6O3.C21H29N3O4/c1-29(2)27(30(3,4)28(29)40-22-10-8-20(18-32)23(31)17-22)35-26(39)21-9-11-25(34-19-21)37-15-13-36(14-16-37)12-6-5-7-24(33)38;1-13(16-7-6-14(11-22)8-18(16)28-5)23-20(27)17-9-15(25)12-24(17)19(26)10-21(2,3)4/h8-11,17,19,27-28H,5-7,12-16H2,1-4H3,(H2,33,38)(H,35,39);6-8,13,15,17,25H,9-10,12H2,1-5H3,(H,23,27)/t;13-,15+,17+/m.0/s1. The molecule has 3 heterocycles. The minimum atomic E-state index is -0.709. The molecule has 1 saturated carbocycles. The molecule has 5 N–H and O–H groups in total. The predicted octanol–water partition coefficient (Wildman–Crippen LogP) is 6.14. The number of nitrogens with two attached hydrogens (primary N) is 1. The highest BCUT2D eigenvalue weighted by Gasteiger charge is 2.64. The molecule has 3 atom stereocenters. The van der Waals surface area contributed by atoms with Crippen molar-refractivity contribution in [1.82, 2.24) is 25.4 Å². The van der Waals surface area contributed by atoms with Gasteiger partial charge >= 0.3 is 0 Å². The number of ether oxygens (including phenoxy) is 2. The van der Waals surface area contributed by atoms with Gasteiger partial charge in [0.05, 0.1) is 47.0 Å². The molecule has 16 nitrogen and oxygen atoms in total. The van der Waals surface area contributed by atoms with E-state index in [1.54, 1.807) is 42.6 Å². The van der Waals surface area contributed by atoms with E-state index in [0.717, 1.165) is 56.9 Å². The fourth-order valence-corrected chi connectivity index (χ4v) is 9.98. The number of rotatable bonds is 15. The largest absolute Gasteiger partial charge is 0.496 e. The molecule has 4 amide bonds. The number of aromatic nitrogens is 1. The Kier molecular flexibility index (Phi) is 17.5. The lowest BCUT2D eigenvalue weighted by atomic mass is 9.49. The normalized spacial score (nSPS) is 21.1. The van der Waals surface area contributed by atoms with E-state index in [2.05, 4.69) is 65.3 Å². The second kappa shape index (κ2) is 22.4. The Morgan fingerprint density at radius 3 is 2.25 bits per heavy atom. The first-order valence-corrected chi connectivity index (χ1v) is 23.6. The summed E-state index contributed by atoms with van der Waals surface area (Å²) in [7, 11) is 1.51. The smallest absolute Gasteiger partial charge is 0.253 e. The quantitative estimate of drug-likeness (QED) is 0.126. The van der Waals surface area contributed by atoms with Crippen molar-refractivity contribution >= 4 is 41.0 Å². The first-order chi connectivity index (χ1) is 32.0. The van der Waals surface area contributed by atoms with Crippen LogP contribution in [0.2, 0.25) is 5.02 Å². The van der Waals surface area contributed by atoms with Crippen molar-refractivity contribution in [2.24, 2.45) is 22.0 Å². The van der Waals surface area contributed by atoms with Crippen molar-refractivity contribution < 1.29 is 33.8 Å². The molecule has 366 valence electrons. The molecule has 0 bridgehead atoms. The lowest BCUT2D eigenvalue weighted by Crippen LogP contribution is -2.74. The number of carbonyl (C=O) groups is 4. The molecule has 2 aromatic carbocycles. The zero-order valence-corrected chi connectivity index (χ0v) is 41.7. The molecular formula is C51H68ClN9O7. The number of pyridine rings is 1. The number of methoxy groups -OCH3 is 1. The molecule has 3 aromatic rings. The third kappa shape index (κ3) is 13.2. The van der Waals surface area contributed by atoms with Gasteiger partial charge in [0.15, 0.2) is 0 Å². The topological polar surface area (TPSA) is 227 Å². The Hall–Kier alpha value is -5.94. The van der Waals surface area contributed by atoms with Crippen molar-refractivity contribution in [2.45, 2.75) is 118 Å². The van der Waals surface area contributed by atoms with Gasteiger partial charge in [0.2, 0.25) is 17.7 Å². The van der Waals surface area contributed by atoms with Gasteiger partial charge in [-0.3, -0.25) is 24.1 Å². The third-order valence-corrected chi connectivity index (χ3v) is 13.4. The van der Waals surface area contributed by atoms with Crippen LogP contribution in [0.25, 0.3) is 0 Å². The predicted molar refractivity (Wildman–Crippen MR) is 260 cm³/mol. The van der Waals surface area contributed by atoms with E-state index in [1.807, 2.05) is 39.8 Å². The molecule has 6 rings (SSSR count). The fourth-order valence-electron chi connectivity index (χ4n) is 9.77. The fraction of sp³-hybridized carbons (Fsp3) is 0.549. The summed E-state index contributed by atoms with van der Waals surface area (Å²) >= 11 is 6.20. The van der Waals surface area contributed by atoms with E-state index in [0.29, 0.717) is 46.1 Å². The number of nitrogens with one attached hydrogen (secondary N) is 2. The highest BCUT2D eigenvalue weighted by atomic mass is 35.5. The molecule has 68 heavy (non-hydrogen) atoms. The number of aliphatic hydroxyl groups excluding tert-OH is 1. The average Bonchev–Trinajstić information content (AvgIpc) is 3.70. The van der Waals surface area contributed by atoms with Gasteiger partial charge in [-0.25, -0.2) is 4.98 Å². The second-order valence-electron chi connectivity index (χ2n) is 20.4. The van der Waals surface area contributed by atoms with E-state index >= 15 is 0 Å². The molecule has 3 aliphatic rings. The number of nitrogens with zero attached hydrogens (tertiary/aromatic N) is 6. The molecular weight excluding hydrogens is 886 g/mol. The van der Waals surface area contributed by atoms with E-state index in [4.69, 9.17) is 37.3 Å². The van der Waals surface area contributed by atoms with Crippen LogP contribution in [-0.2, 0) is 14.4 Å². The van der Waals surface area contributed by atoms with Gasteiger partial charge in [-0.15, -0.1) is 0 Å². The van der Waals surface area contributed by atoms with Gasteiger partial charge in [0.25, 0.3) is 5.91 Å². The van der Waals surface area contributed by atoms with Crippen LogP contribution in [0.15, 0.2) is 54.7 Å². The van der Waals surface area contributed by atoms with E-state index in [9.17, 15) is 24.3 Å². The van der Waals surface area contributed by atoms with Crippen LogP contribution in [0.1, 0.15) is 121 Å². The Balaban J connectivity index is 0.000000271. The zero-order chi connectivity index (χ0) is 50.1. The maximum Gasteiger partial charge on any atom is 0.253 e. The number of unbranched alkanes of at least 4 members (excludes halogenated alkanes) is 1. The summed E-state index contributed by atoms with van der Waals surface area (Å²) in [5.74, 6) is 1.14. The van der Waals surface area contributed by atoms with Crippen LogP contribution in [0.3, 0.4) is 0 Å². The van der Waals surface area contributed by atoms with Crippen LogP contribution >= 0.6 is 11.6 Å². The number of hydrogen-bond donors (Lipinski definition) is 4. The summed E-state index contributed by atoms with van der Waals surface area (Å²) < 4.78 is 11.7. The number of amides is 4. The highest BCUT2D eigenvalue weighted by Crippen LogP contribution is 2.55. The highest BCUT2D eigenvalue weighted by molar-refractivity contribution is 6.31. The number of piperazine rings is 1. The van der Waals surface area contributed by atoms with Crippen LogP contribution in [-0.4, -0.2) is 114 Å². The number of carbonyl (C=O) groups excluding carboxylic acids is 4. The van der Waals surface area contributed by atoms with Crippen molar-refractivity contribution in [1.29, 1.82) is 10.5 Å². The Morgan fingerprint density at radius 1 is 0.985 bits per heavy atom. The third-order valence-electron chi connectivity index (χ3n) is 13.1. The van der Waals surface area contributed by atoms with Gasteiger partial charge in [0, 0.05) is 86.7 Å². The summed E-state index contributed by atoms with van der Waals surface area (Å²) in [4.78, 5) is 60.3. The Bertz CT molecular complexity index is 2350. The van der Waals surface area contributed by atoms with Crippen molar-refractivity contribution in [3.63, 3.8) is 0 Å². The lowest BCUT2D eigenvalue weighted by Gasteiger charge is -2.63. The summed E-state index contributed by atoms with van der Waals surface area (Å²) in [5.41, 5.74) is 6.47. The average molecular weight is 955 g/mol. The Morgan fingerprint density at radius 2 is 1.68 bits per heavy atom. The summed E-state index contributed by atoms with van der Waals surface area (Å²) in [6, 6.07) is 16.8. The SMILES string of the molecule is CC1(C)C(NC(=O)c2ccc(N3CCN(CCCCC(N)=O)CC3)nc2)C(C)(C)C1Oc1ccc(C#N)c(Cl)c1.COc1cc(C#N)ccc1[C@H](C)NC(=O)[C@H]1C[C@@H](O)CN1C(=O)CC(C)(C)C. The monoisotopic (exact) mass is 953 g/mol. The minimum absolute atomic E-state index is 0.123. The van der Waals surface area contributed by atoms with Gasteiger partial charge in [-0.05, 0) is 68.1 Å². The van der Waals surface area contributed by atoms with Gasteiger partial charge in [-0.1, -0.05) is 66.1 Å². The maximum absolute atomic E-state index is 13.2. The number of hydrogen-bond acceptors (Lipinski definition) is 12. The molecule has 0 unspecified atom stereocenters. The molecule has 0 radical (unpaired) electrons. The summed E-state index contributed by atoms with van der Waals surface area (Å²) in [6.07, 6.45) is 3.54.